The first-order valence-corrected chi connectivity index (χ1v) is 7.66. The Kier molecular flexibility index (Phi) is 3.96. The van der Waals surface area contributed by atoms with Crippen LogP contribution in [0.5, 0.6) is 0 Å². The SMILES string of the molecule is CC(C)c1noc([C@H]2CCCN(C(=O)c3cnn(C)c3)C2)n1. The van der Waals surface area contributed by atoms with Crippen molar-refractivity contribution in [3.63, 3.8) is 0 Å². The van der Waals surface area contributed by atoms with Crippen molar-refractivity contribution in [3.8, 4) is 0 Å². The summed E-state index contributed by atoms with van der Waals surface area (Å²) >= 11 is 0. The molecule has 0 bridgehead atoms. The van der Waals surface area contributed by atoms with Gasteiger partial charge in [-0.2, -0.15) is 10.1 Å². The number of aromatic nitrogens is 4. The fourth-order valence-electron chi connectivity index (χ4n) is 2.72. The minimum atomic E-state index is 0.0152. The zero-order valence-corrected chi connectivity index (χ0v) is 13.2. The van der Waals surface area contributed by atoms with Crippen LogP contribution in [0.15, 0.2) is 16.9 Å². The summed E-state index contributed by atoms with van der Waals surface area (Å²) < 4.78 is 7.03. The van der Waals surface area contributed by atoms with Crippen molar-refractivity contribution in [3.05, 3.63) is 29.7 Å². The molecule has 2 aromatic rings. The van der Waals surface area contributed by atoms with Gasteiger partial charge < -0.3 is 9.42 Å². The van der Waals surface area contributed by atoms with E-state index in [1.165, 1.54) is 0 Å². The van der Waals surface area contributed by atoms with E-state index in [0.29, 0.717) is 18.0 Å². The first-order chi connectivity index (χ1) is 10.5. The molecular weight excluding hydrogens is 282 g/mol. The van der Waals surface area contributed by atoms with Gasteiger partial charge in [0.2, 0.25) is 5.89 Å². The normalized spacial score (nSPS) is 18.9. The number of carbonyl (C=O) groups excluding carboxylic acids is 1. The molecule has 1 aliphatic rings. The molecule has 1 aliphatic heterocycles. The zero-order chi connectivity index (χ0) is 15.7. The molecule has 118 valence electrons. The number of nitrogens with zero attached hydrogens (tertiary/aromatic N) is 5. The lowest BCUT2D eigenvalue weighted by Gasteiger charge is -2.30. The van der Waals surface area contributed by atoms with Crippen molar-refractivity contribution in [2.24, 2.45) is 7.05 Å². The molecule has 0 aliphatic carbocycles. The molecule has 0 saturated carbocycles. The van der Waals surface area contributed by atoms with Crippen LogP contribution in [0.2, 0.25) is 0 Å². The average Bonchev–Trinajstić information content (AvgIpc) is 3.15. The molecule has 1 saturated heterocycles. The minimum Gasteiger partial charge on any atom is -0.339 e. The van der Waals surface area contributed by atoms with Gasteiger partial charge in [0.1, 0.15) is 0 Å². The number of carbonyl (C=O) groups is 1. The molecule has 22 heavy (non-hydrogen) atoms. The largest absolute Gasteiger partial charge is 0.339 e. The Morgan fingerprint density at radius 1 is 1.45 bits per heavy atom. The molecule has 1 fully saturated rings. The predicted molar refractivity (Wildman–Crippen MR) is 79.5 cm³/mol. The molecular formula is C15H21N5O2. The van der Waals surface area contributed by atoms with Crippen LogP contribution >= 0.6 is 0 Å². The van der Waals surface area contributed by atoms with E-state index < -0.39 is 0 Å². The van der Waals surface area contributed by atoms with Gasteiger partial charge in [-0.1, -0.05) is 19.0 Å². The highest BCUT2D eigenvalue weighted by atomic mass is 16.5. The topological polar surface area (TPSA) is 77.0 Å². The van der Waals surface area contributed by atoms with Gasteiger partial charge in [-0.3, -0.25) is 9.48 Å². The molecule has 2 aromatic heterocycles. The third-order valence-corrected chi connectivity index (χ3v) is 3.98. The summed E-state index contributed by atoms with van der Waals surface area (Å²) in [4.78, 5) is 18.8. The number of hydrogen-bond donors (Lipinski definition) is 0. The Bertz CT molecular complexity index is 660. The van der Waals surface area contributed by atoms with Gasteiger partial charge in [-0.05, 0) is 12.8 Å². The Hall–Kier alpha value is -2.18. The minimum absolute atomic E-state index is 0.0152. The molecule has 0 unspecified atom stereocenters. The van der Waals surface area contributed by atoms with Crippen LogP contribution < -0.4 is 0 Å². The van der Waals surface area contributed by atoms with Gasteiger partial charge in [0.25, 0.3) is 5.91 Å². The molecule has 3 rings (SSSR count). The van der Waals surface area contributed by atoms with Crippen LogP contribution in [-0.4, -0.2) is 43.8 Å². The third-order valence-electron chi connectivity index (χ3n) is 3.98. The Balaban J connectivity index is 1.72. The first kappa shape index (κ1) is 14.7. The third kappa shape index (κ3) is 2.88. The molecule has 7 nitrogen and oxygen atoms in total. The van der Waals surface area contributed by atoms with E-state index in [1.54, 1.807) is 17.1 Å². The van der Waals surface area contributed by atoms with Crippen molar-refractivity contribution in [2.45, 2.75) is 38.5 Å². The lowest BCUT2D eigenvalue weighted by Crippen LogP contribution is -2.39. The van der Waals surface area contributed by atoms with E-state index >= 15 is 0 Å². The zero-order valence-electron chi connectivity index (χ0n) is 13.2. The summed E-state index contributed by atoms with van der Waals surface area (Å²) in [6.45, 7) is 5.45. The van der Waals surface area contributed by atoms with Crippen LogP contribution in [0.25, 0.3) is 0 Å². The van der Waals surface area contributed by atoms with E-state index in [9.17, 15) is 4.79 Å². The van der Waals surface area contributed by atoms with Crippen LogP contribution in [0.1, 0.15) is 60.6 Å². The van der Waals surface area contributed by atoms with Crippen molar-refractivity contribution in [1.82, 2.24) is 24.8 Å². The molecule has 7 heteroatoms. The monoisotopic (exact) mass is 303 g/mol. The summed E-state index contributed by atoms with van der Waals surface area (Å²) in [5.41, 5.74) is 0.622. The molecule has 0 N–H and O–H groups in total. The lowest BCUT2D eigenvalue weighted by atomic mass is 9.97. The van der Waals surface area contributed by atoms with Crippen LogP contribution in [0.3, 0.4) is 0 Å². The molecule has 1 atom stereocenters. The maximum absolute atomic E-state index is 12.5. The van der Waals surface area contributed by atoms with E-state index in [1.807, 2.05) is 25.8 Å². The van der Waals surface area contributed by atoms with Gasteiger partial charge in [0.15, 0.2) is 5.82 Å². The second-order valence-electron chi connectivity index (χ2n) is 6.14. The Morgan fingerprint density at radius 3 is 2.91 bits per heavy atom. The maximum atomic E-state index is 12.5. The number of aryl methyl sites for hydroxylation is 1. The first-order valence-electron chi connectivity index (χ1n) is 7.66. The summed E-state index contributed by atoms with van der Waals surface area (Å²) in [5.74, 6) is 1.75. The molecule has 1 amide bonds. The maximum Gasteiger partial charge on any atom is 0.257 e. The number of hydrogen-bond acceptors (Lipinski definition) is 5. The van der Waals surface area contributed by atoms with Crippen LogP contribution in [0, 0.1) is 0 Å². The summed E-state index contributed by atoms with van der Waals surface area (Å²) in [7, 11) is 1.81. The standard InChI is InChI=1S/C15H21N5O2/c1-10(2)13-17-14(22-18-13)11-5-4-6-20(9-11)15(21)12-7-16-19(3)8-12/h7-8,10-11H,4-6,9H2,1-3H3/t11-/m0/s1. The molecule has 3 heterocycles. The van der Waals surface area contributed by atoms with Gasteiger partial charge in [0.05, 0.1) is 17.7 Å². The summed E-state index contributed by atoms with van der Waals surface area (Å²) in [5, 5.41) is 8.08. The number of amides is 1. The van der Waals surface area contributed by atoms with E-state index in [0.717, 1.165) is 25.2 Å². The summed E-state index contributed by atoms with van der Waals surface area (Å²) in [6.07, 6.45) is 5.26. The fourth-order valence-corrected chi connectivity index (χ4v) is 2.72. The van der Waals surface area contributed by atoms with Crippen molar-refractivity contribution >= 4 is 5.91 Å². The molecule has 0 spiro atoms. The highest BCUT2D eigenvalue weighted by Crippen LogP contribution is 2.27. The highest BCUT2D eigenvalue weighted by Gasteiger charge is 2.29. The average molecular weight is 303 g/mol. The number of rotatable bonds is 3. The highest BCUT2D eigenvalue weighted by molar-refractivity contribution is 5.93. The number of piperidine rings is 1. The van der Waals surface area contributed by atoms with Crippen molar-refractivity contribution < 1.29 is 9.32 Å². The molecule has 0 radical (unpaired) electrons. The van der Waals surface area contributed by atoms with Gasteiger partial charge in [0, 0.05) is 32.3 Å². The Labute approximate surface area is 129 Å². The van der Waals surface area contributed by atoms with Crippen molar-refractivity contribution in [1.29, 1.82) is 0 Å². The Morgan fingerprint density at radius 2 is 2.27 bits per heavy atom. The van der Waals surface area contributed by atoms with E-state index in [2.05, 4.69) is 15.2 Å². The van der Waals surface area contributed by atoms with Crippen LogP contribution in [0.4, 0.5) is 0 Å². The van der Waals surface area contributed by atoms with E-state index in [4.69, 9.17) is 4.52 Å². The fraction of sp³-hybridized carbons (Fsp3) is 0.600. The van der Waals surface area contributed by atoms with Crippen molar-refractivity contribution in [2.75, 3.05) is 13.1 Å². The second-order valence-corrected chi connectivity index (χ2v) is 6.14. The second kappa shape index (κ2) is 5.90. The van der Waals surface area contributed by atoms with E-state index in [-0.39, 0.29) is 17.7 Å². The number of likely N-dealkylation sites (tertiary alicyclic amines) is 1. The molecule has 0 aromatic carbocycles. The summed E-state index contributed by atoms with van der Waals surface area (Å²) in [6, 6.07) is 0. The van der Waals surface area contributed by atoms with Crippen LogP contribution in [-0.2, 0) is 7.05 Å². The smallest absolute Gasteiger partial charge is 0.257 e. The lowest BCUT2D eigenvalue weighted by molar-refractivity contribution is 0.0695. The predicted octanol–water partition coefficient (Wildman–Crippen LogP) is 1.95. The van der Waals surface area contributed by atoms with Gasteiger partial charge >= 0.3 is 0 Å². The quantitative estimate of drug-likeness (QED) is 0.866. The van der Waals surface area contributed by atoms with Gasteiger partial charge in [-0.15, -0.1) is 0 Å². The van der Waals surface area contributed by atoms with Gasteiger partial charge in [-0.25, -0.2) is 0 Å².